The van der Waals surface area contributed by atoms with E-state index in [4.69, 9.17) is 0 Å². The summed E-state index contributed by atoms with van der Waals surface area (Å²) in [5, 5.41) is 0. The van der Waals surface area contributed by atoms with Crippen molar-refractivity contribution >= 4 is 5.91 Å². The SMILES string of the molecule is CN1CCN(CC2CCN(CC(=O)N(C)C)CC2)CC1. The molecule has 2 rings (SSSR count). The first-order valence-corrected chi connectivity index (χ1v) is 7.88. The van der Waals surface area contributed by atoms with Crippen LogP contribution in [0, 0.1) is 5.92 Å². The molecule has 0 atom stereocenters. The van der Waals surface area contributed by atoms with Crippen molar-refractivity contribution in [2.24, 2.45) is 5.92 Å². The quantitative estimate of drug-likeness (QED) is 0.728. The summed E-state index contributed by atoms with van der Waals surface area (Å²) in [6.07, 6.45) is 2.49. The van der Waals surface area contributed by atoms with E-state index in [9.17, 15) is 4.79 Å². The Kier molecular flexibility index (Phi) is 5.81. The number of likely N-dealkylation sites (N-methyl/N-ethyl adjacent to an activating group) is 2. The van der Waals surface area contributed by atoms with Crippen LogP contribution in [0.4, 0.5) is 0 Å². The molecule has 0 N–H and O–H groups in total. The van der Waals surface area contributed by atoms with E-state index >= 15 is 0 Å². The molecule has 0 saturated carbocycles. The topological polar surface area (TPSA) is 30.0 Å². The fourth-order valence-corrected chi connectivity index (χ4v) is 3.06. The van der Waals surface area contributed by atoms with Crippen LogP contribution in [0.5, 0.6) is 0 Å². The summed E-state index contributed by atoms with van der Waals surface area (Å²) >= 11 is 0. The van der Waals surface area contributed by atoms with Crippen molar-refractivity contribution < 1.29 is 4.79 Å². The average Bonchev–Trinajstić information content (AvgIpc) is 2.43. The fourth-order valence-electron chi connectivity index (χ4n) is 3.06. The highest BCUT2D eigenvalue weighted by Gasteiger charge is 2.24. The summed E-state index contributed by atoms with van der Waals surface area (Å²) in [6.45, 7) is 8.85. The van der Waals surface area contributed by atoms with Gasteiger partial charge in [0.15, 0.2) is 0 Å². The fraction of sp³-hybridized carbons (Fsp3) is 0.933. The summed E-state index contributed by atoms with van der Waals surface area (Å²) in [4.78, 5) is 20.7. The van der Waals surface area contributed by atoms with Crippen LogP contribution in [0.2, 0.25) is 0 Å². The smallest absolute Gasteiger partial charge is 0.236 e. The van der Waals surface area contributed by atoms with E-state index in [1.54, 1.807) is 4.90 Å². The molecule has 0 aromatic heterocycles. The van der Waals surface area contributed by atoms with Crippen LogP contribution in [-0.2, 0) is 4.79 Å². The Morgan fingerprint density at radius 1 is 1.00 bits per heavy atom. The van der Waals surface area contributed by atoms with Gasteiger partial charge < -0.3 is 14.7 Å². The third kappa shape index (κ3) is 4.72. The van der Waals surface area contributed by atoms with Gasteiger partial charge in [-0.1, -0.05) is 0 Å². The Morgan fingerprint density at radius 2 is 1.60 bits per heavy atom. The van der Waals surface area contributed by atoms with Crippen molar-refractivity contribution in [3.8, 4) is 0 Å². The van der Waals surface area contributed by atoms with Crippen LogP contribution >= 0.6 is 0 Å². The van der Waals surface area contributed by atoms with Gasteiger partial charge in [0.1, 0.15) is 0 Å². The minimum absolute atomic E-state index is 0.225. The second kappa shape index (κ2) is 7.38. The second-order valence-electron chi connectivity index (χ2n) is 6.61. The molecule has 1 amide bonds. The van der Waals surface area contributed by atoms with Crippen molar-refractivity contribution in [3.63, 3.8) is 0 Å². The Labute approximate surface area is 123 Å². The van der Waals surface area contributed by atoms with Crippen molar-refractivity contribution in [1.29, 1.82) is 0 Å². The molecule has 0 aliphatic carbocycles. The third-order valence-electron chi connectivity index (χ3n) is 4.68. The number of nitrogens with zero attached hydrogens (tertiary/aromatic N) is 4. The average molecular weight is 282 g/mol. The lowest BCUT2D eigenvalue weighted by Gasteiger charge is -2.37. The van der Waals surface area contributed by atoms with Gasteiger partial charge >= 0.3 is 0 Å². The monoisotopic (exact) mass is 282 g/mol. The Hall–Kier alpha value is -0.650. The lowest BCUT2D eigenvalue weighted by Crippen LogP contribution is -2.48. The van der Waals surface area contributed by atoms with Crippen LogP contribution in [0.15, 0.2) is 0 Å². The van der Waals surface area contributed by atoms with E-state index in [0.717, 1.165) is 19.0 Å². The number of likely N-dealkylation sites (tertiary alicyclic amines) is 1. The number of amides is 1. The Balaban J connectivity index is 1.65. The number of carbonyl (C=O) groups is 1. The van der Waals surface area contributed by atoms with Gasteiger partial charge in [-0.05, 0) is 38.9 Å². The molecule has 0 unspecified atom stereocenters. The maximum Gasteiger partial charge on any atom is 0.236 e. The van der Waals surface area contributed by atoms with Gasteiger partial charge in [-0.3, -0.25) is 9.69 Å². The summed E-state index contributed by atoms with van der Waals surface area (Å²) < 4.78 is 0. The van der Waals surface area contributed by atoms with E-state index in [1.807, 2.05) is 14.1 Å². The van der Waals surface area contributed by atoms with Gasteiger partial charge in [-0.25, -0.2) is 0 Å². The summed E-state index contributed by atoms with van der Waals surface area (Å²) in [6, 6.07) is 0. The molecule has 2 aliphatic rings. The summed E-state index contributed by atoms with van der Waals surface area (Å²) in [5.41, 5.74) is 0. The van der Waals surface area contributed by atoms with Gasteiger partial charge in [0.25, 0.3) is 0 Å². The predicted octanol–water partition coefficient (Wildman–Crippen LogP) is 0.0340. The molecule has 0 spiro atoms. The van der Waals surface area contributed by atoms with Crippen LogP contribution in [0.3, 0.4) is 0 Å². The van der Waals surface area contributed by atoms with Crippen molar-refractivity contribution in [1.82, 2.24) is 19.6 Å². The molecule has 0 aromatic carbocycles. The van der Waals surface area contributed by atoms with Gasteiger partial charge in [-0.2, -0.15) is 0 Å². The molecule has 2 saturated heterocycles. The molecule has 2 fully saturated rings. The van der Waals surface area contributed by atoms with Crippen LogP contribution in [0.25, 0.3) is 0 Å². The van der Waals surface area contributed by atoms with Crippen molar-refractivity contribution in [2.45, 2.75) is 12.8 Å². The number of rotatable bonds is 4. The molecule has 2 heterocycles. The van der Waals surface area contributed by atoms with E-state index < -0.39 is 0 Å². The molecule has 0 bridgehead atoms. The third-order valence-corrected chi connectivity index (χ3v) is 4.68. The maximum absolute atomic E-state index is 11.7. The van der Waals surface area contributed by atoms with Gasteiger partial charge in [0.2, 0.25) is 5.91 Å². The molecule has 5 heteroatoms. The van der Waals surface area contributed by atoms with Gasteiger partial charge in [0.05, 0.1) is 6.54 Å². The minimum atomic E-state index is 0.225. The van der Waals surface area contributed by atoms with E-state index in [1.165, 1.54) is 45.6 Å². The highest BCUT2D eigenvalue weighted by Crippen LogP contribution is 2.19. The highest BCUT2D eigenvalue weighted by molar-refractivity contribution is 5.77. The molecule has 0 radical (unpaired) electrons. The first-order valence-electron chi connectivity index (χ1n) is 7.88. The van der Waals surface area contributed by atoms with Crippen LogP contribution < -0.4 is 0 Å². The molecule has 2 aliphatic heterocycles. The maximum atomic E-state index is 11.7. The Bertz CT molecular complexity index is 305. The summed E-state index contributed by atoms with van der Waals surface area (Å²) in [7, 11) is 5.88. The molecular weight excluding hydrogens is 252 g/mol. The first kappa shape index (κ1) is 15.7. The summed E-state index contributed by atoms with van der Waals surface area (Å²) in [5.74, 6) is 1.05. The molecular formula is C15H30N4O. The van der Waals surface area contributed by atoms with E-state index in [2.05, 4.69) is 21.7 Å². The zero-order valence-corrected chi connectivity index (χ0v) is 13.3. The Morgan fingerprint density at radius 3 is 2.15 bits per heavy atom. The number of carbonyl (C=O) groups excluding carboxylic acids is 1. The molecule has 20 heavy (non-hydrogen) atoms. The standard InChI is InChI=1S/C15H30N4O/c1-16(2)15(20)13-18-6-4-14(5-7-18)12-19-10-8-17(3)9-11-19/h14H,4-13H2,1-3H3. The minimum Gasteiger partial charge on any atom is -0.348 e. The predicted molar refractivity (Wildman–Crippen MR) is 81.8 cm³/mol. The second-order valence-corrected chi connectivity index (χ2v) is 6.61. The lowest BCUT2D eigenvalue weighted by atomic mass is 9.96. The largest absolute Gasteiger partial charge is 0.348 e. The van der Waals surface area contributed by atoms with Crippen molar-refractivity contribution in [2.75, 3.05) is 73.5 Å². The van der Waals surface area contributed by atoms with E-state index in [0.29, 0.717) is 6.54 Å². The number of piperazine rings is 1. The zero-order chi connectivity index (χ0) is 14.5. The number of piperidine rings is 1. The van der Waals surface area contributed by atoms with Gasteiger partial charge in [0, 0.05) is 46.8 Å². The van der Waals surface area contributed by atoms with E-state index in [-0.39, 0.29) is 5.91 Å². The highest BCUT2D eigenvalue weighted by atomic mass is 16.2. The number of hydrogen-bond donors (Lipinski definition) is 0. The first-order chi connectivity index (χ1) is 9.54. The zero-order valence-electron chi connectivity index (χ0n) is 13.3. The normalized spacial score (nSPS) is 23.9. The van der Waals surface area contributed by atoms with Gasteiger partial charge in [-0.15, -0.1) is 0 Å². The van der Waals surface area contributed by atoms with Crippen LogP contribution in [0.1, 0.15) is 12.8 Å². The molecule has 0 aromatic rings. The van der Waals surface area contributed by atoms with Crippen molar-refractivity contribution in [3.05, 3.63) is 0 Å². The number of hydrogen-bond acceptors (Lipinski definition) is 4. The lowest BCUT2D eigenvalue weighted by molar-refractivity contribution is -0.130. The molecule has 5 nitrogen and oxygen atoms in total. The van der Waals surface area contributed by atoms with Crippen LogP contribution in [-0.4, -0.2) is 99.0 Å². The molecule has 116 valence electrons.